The molecule has 3 atom stereocenters. The second kappa shape index (κ2) is 6.08. The Kier molecular flexibility index (Phi) is 5.05. The van der Waals surface area contributed by atoms with Crippen molar-refractivity contribution in [3.63, 3.8) is 0 Å². The summed E-state index contributed by atoms with van der Waals surface area (Å²) in [4.78, 5) is 11.7. The summed E-state index contributed by atoms with van der Waals surface area (Å²) in [5.41, 5.74) is 0. The molecule has 1 aliphatic heterocycles. The van der Waals surface area contributed by atoms with Gasteiger partial charge in [0.15, 0.2) is 0 Å². The third-order valence-corrected chi connectivity index (χ3v) is 2.96. The molecular formula is C11H21NO3. The first-order valence-corrected chi connectivity index (χ1v) is 5.72. The molecule has 0 aromatic heterocycles. The topological polar surface area (TPSA) is 58.6 Å². The van der Waals surface area contributed by atoms with Crippen molar-refractivity contribution < 1.29 is 14.6 Å². The number of aliphatic hydroxyl groups is 1. The Labute approximate surface area is 91.0 Å². The van der Waals surface area contributed by atoms with Crippen LogP contribution in [0, 0.1) is 5.92 Å². The Balaban J connectivity index is 2.18. The van der Waals surface area contributed by atoms with Gasteiger partial charge in [-0.05, 0) is 26.2 Å². The van der Waals surface area contributed by atoms with E-state index in [0.29, 0.717) is 19.6 Å². The van der Waals surface area contributed by atoms with Crippen LogP contribution in [0.4, 0.5) is 0 Å². The molecule has 4 heteroatoms. The number of nitrogens with one attached hydrogen (secondary N) is 1. The second-order valence-corrected chi connectivity index (χ2v) is 4.11. The molecular weight excluding hydrogens is 194 g/mol. The van der Waals surface area contributed by atoms with Gasteiger partial charge in [-0.3, -0.25) is 4.79 Å². The fourth-order valence-corrected chi connectivity index (χ4v) is 1.77. The maximum atomic E-state index is 11.7. The van der Waals surface area contributed by atoms with Crippen LogP contribution in [0.25, 0.3) is 0 Å². The van der Waals surface area contributed by atoms with E-state index in [-0.39, 0.29) is 24.0 Å². The minimum Gasteiger partial charge on any atom is -0.393 e. The van der Waals surface area contributed by atoms with E-state index in [4.69, 9.17) is 4.74 Å². The first-order chi connectivity index (χ1) is 7.15. The van der Waals surface area contributed by atoms with Gasteiger partial charge in [0.25, 0.3) is 0 Å². The number of carbonyl (C=O) groups is 1. The molecule has 0 spiro atoms. The lowest BCUT2D eigenvalue weighted by atomic mass is 10.0. The molecule has 1 saturated heterocycles. The van der Waals surface area contributed by atoms with Crippen molar-refractivity contribution >= 4 is 5.91 Å². The quantitative estimate of drug-likeness (QED) is 0.709. The van der Waals surface area contributed by atoms with Crippen LogP contribution in [0.15, 0.2) is 0 Å². The first-order valence-electron chi connectivity index (χ1n) is 5.72. The van der Waals surface area contributed by atoms with Crippen molar-refractivity contribution in [2.24, 2.45) is 5.92 Å². The number of hydrogen-bond acceptors (Lipinski definition) is 3. The molecule has 1 fully saturated rings. The highest BCUT2D eigenvalue weighted by molar-refractivity contribution is 5.79. The van der Waals surface area contributed by atoms with Crippen LogP contribution in [0.3, 0.4) is 0 Å². The van der Waals surface area contributed by atoms with E-state index in [1.807, 2.05) is 13.8 Å². The monoisotopic (exact) mass is 215 g/mol. The normalized spacial score (nSPS) is 27.7. The minimum atomic E-state index is -0.303. The second-order valence-electron chi connectivity index (χ2n) is 4.11. The summed E-state index contributed by atoms with van der Waals surface area (Å²) in [6, 6.07) is 0. The van der Waals surface area contributed by atoms with Gasteiger partial charge in [-0.25, -0.2) is 0 Å². The number of amides is 1. The molecule has 1 amide bonds. The van der Waals surface area contributed by atoms with E-state index < -0.39 is 0 Å². The summed E-state index contributed by atoms with van der Waals surface area (Å²) in [5.74, 6) is 0.0482. The van der Waals surface area contributed by atoms with E-state index in [0.717, 1.165) is 12.8 Å². The predicted molar refractivity (Wildman–Crippen MR) is 57.4 cm³/mol. The highest BCUT2D eigenvalue weighted by atomic mass is 16.5. The highest BCUT2D eigenvalue weighted by Crippen LogP contribution is 2.20. The van der Waals surface area contributed by atoms with Crippen LogP contribution in [-0.2, 0) is 9.53 Å². The van der Waals surface area contributed by atoms with Crippen LogP contribution in [0.1, 0.15) is 33.1 Å². The summed E-state index contributed by atoms with van der Waals surface area (Å²) < 4.78 is 5.32. The van der Waals surface area contributed by atoms with Crippen LogP contribution in [0.5, 0.6) is 0 Å². The molecule has 1 heterocycles. The van der Waals surface area contributed by atoms with Crippen LogP contribution < -0.4 is 5.32 Å². The average molecular weight is 215 g/mol. The van der Waals surface area contributed by atoms with Gasteiger partial charge in [0.2, 0.25) is 5.91 Å². The standard InChI is InChI=1S/C11H21NO3/c1-3-9(13)4-6-12-11(14)10-5-7-15-8(10)2/h8-10,13H,3-7H2,1-2H3,(H,12,14). The third-order valence-electron chi connectivity index (χ3n) is 2.96. The minimum absolute atomic E-state index is 0.0104. The van der Waals surface area contributed by atoms with Gasteiger partial charge in [-0.15, -0.1) is 0 Å². The molecule has 88 valence electrons. The predicted octanol–water partition coefficient (Wildman–Crippen LogP) is 0.689. The molecule has 0 aromatic rings. The Morgan fingerprint density at radius 1 is 1.67 bits per heavy atom. The van der Waals surface area contributed by atoms with Crippen molar-refractivity contribution in [1.29, 1.82) is 0 Å². The summed E-state index contributed by atoms with van der Waals surface area (Å²) in [6.07, 6.45) is 1.90. The molecule has 1 aliphatic rings. The molecule has 15 heavy (non-hydrogen) atoms. The Morgan fingerprint density at radius 2 is 2.40 bits per heavy atom. The summed E-state index contributed by atoms with van der Waals surface area (Å²) in [6.45, 7) is 5.09. The number of hydrogen-bond donors (Lipinski definition) is 2. The Bertz CT molecular complexity index is 208. The van der Waals surface area contributed by atoms with Gasteiger partial charge in [-0.1, -0.05) is 6.92 Å². The average Bonchev–Trinajstić information content (AvgIpc) is 2.64. The number of rotatable bonds is 5. The SMILES string of the molecule is CCC(O)CCNC(=O)C1CCOC1C. The van der Waals surface area contributed by atoms with E-state index in [1.54, 1.807) is 0 Å². The zero-order valence-corrected chi connectivity index (χ0v) is 9.53. The lowest BCUT2D eigenvalue weighted by molar-refractivity contribution is -0.126. The van der Waals surface area contributed by atoms with Crippen molar-refractivity contribution in [2.45, 2.75) is 45.3 Å². The summed E-state index contributed by atoms with van der Waals surface area (Å²) in [5, 5.41) is 12.2. The van der Waals surface area contributed by atoms with Gasteiger partial charge < -0.3 is 15.2 Å². The van der Waals surface area contributed by atoms with Crippen molar-refractivity contribution in [1.82, 2.24) is 5.32 Å². The van der Waals surface area contributed by atoms with Gasteiger partial charge in [-0.2, -0.15) is 0 Å². The number of ether oxygens (including phenoxy) is 1. The van der Waals surface area contributed by atoms with E-state index in [2.05, 4.69) is 5.32 Å². The zero-order chi connectivity index (χ0) is 11.3. The summed E-state index contributed by atoms with van der Waals surface area (Å²) >= 11 is 0. The van der Waals surface area contributed by atoms with Gasteiger partial charge in [0.1, 0.15) is 0 Å². The largest absolute Gasteiger partial charge is 0.393 e. The number of aliphatic hydroxyl groups excluding tert-OH is 1. The molecule has 0 radical (unpaired) electrons. The third kappa shape index (κ3) is 3.80. The summed E-state index contributed by atoms with van der Waals surface area (Å²) in [7, 11) is 0. The van der Waals surface area contributed by atoms with Crippen LogP contribution >= 0.6 is 0 Å². The molecule has 3 unspecified atom stereocenters. The molecule has 0 aliphatic carbocycles. The van der Waals surface area contributed by atoms with E-state index in [1.165, 1.54) is 0 Å². The molecule has 2 N–H and O–H groups in total. The van der Waals surface area contributed by atoms with Crippen molar-refractivity contribution in [3.8, 4) is 0 Å². The lowest BCUT2D eigenvalue weighted by Crippen LogP contribution is -2.35. The van der Waals surface area contributed by atoms with Gasteiger partial charge in [0, 0.05) is 13.2 Å². The van der Waals surface area contributed by atoms with Crippen molar-refractivity contribution in [2.75, 3.05) is 13.2 Å². The molecule has 0 saturated carbocycles. The molecule has 0 aromatic carbocycles. The molecule has 0 bridgehead atoms. The zero-order valence-electron chi connectivity index (χ0n) is 9.53. The maximum Gasteiger partial charge on any atom is 0.225 e. The Hall–Kier alpha value is -0.610. The fraction of sp³-hybridized carbons (Fsp3) is 0.909. The van der Waals surface area contributed by atoms with E-state index in [9.17, 15) is 9.90 Å². The highest BCUT2D eigenvalue weighted by Gasteiger charge is 2.30. The Morgan fingerprint density at radius 3 is 2.93 bits per heavy atom. The lowest BCUT2D eigenvalue weighted by Gasteiger charge is -2.14. The van der Waals surface area contributed by atoms with Gasteiger partial charge in [0.05, 0.1) is 18.1 Å². The van der Waals surface area contributed by atoms with Crippen LogP contribution in [0.2, 0.25) is 0 Å². The fourth-order valence-electron chi connectivity index (χ4n) is 1.77. The number of carbonyl (C=O) groups excluding carboxylic acids is 1. The molecule has 1 rings (SSSR count). The van der Waals surface area contributed by atoms with Crippen LogP contribution in [-0.4, -0.2) is 36.4 Å². The van der Waals surface area contributed by atoms with Gasteiger partial charge >= 0.3 is 0 Å². The smallest absolute Gasteiger partial charge is 0.225 e. The maximum absolute atomic E-state index is 11.7. The first kappa shape index (κ1) is 12.5. The van der Waals surface area contributed by atoms with E-state index >= 15 is 0 Å². The van der Waals surface area contributed by atoms with Crippen molar-refractivity contribution in [3.05, 3.63) is 0 Å². The molecule has 4 nitrogen and oxygen atoms in total.